The molecule has 0 amide bonds. The van der Waals surface area contributed by atoms with E-state index in [0.717, 1.165) is 16.4 Å². The molecular formula is C22H22N2O4S. The number of anilines is 2. The number of rotatable bonds is 8. The molecule has 1 aromatic heterocycles. The molecule has 7 heteroatoms. The van der Waals surface area contributed by atoms with Crippen LogP contribution in [-0.4, -0.2) is 25.2 Å². The van der Waals surface area contributed by atoms with Crippen LogP contribution in [0.1, 0.15) is 16.8 Å². The lowest BCUT2D eigenvalue weighted by Gasteiger charge is -2.07. The van der Waals surface area contributed by atoms with Gasteiger partial charge in [0.15, 0.2) is 5.13 Å². The van der Waals surface area contributed by atoms with Crippen LogP contribution in [-0.2, 0) is 16.1 Å². The summed E-state index contributed by atoms with van der Waals surface area (Å²) in [5, 5.41) is 5.84. The number of carbonyl (C=O) groups is 1. The number of esters is 1. The van der Waals surface area contributed by atoms with E-state index in [4.69, 9.17) is 14.2 Å². The van der Waals surface area contributed by atoms with Gasteiger partial charge in [0.1, 0.15) is 18.1 Å². The van der Waals surface area contributed by atoms with Gasteiger partial charge in [-0.1, -0.05) is 17.7 Å². The summed E-state index contributed by atoms with van der Waals surface area (Å²) < 4.78 is 15.8. The zero-order chi connectivity index (χ0) is 20.6. The average Bonchev–Trinajstić information content (AvgIpc) is 3.19. The van der Waals surface area contributed by atoms with E-state index in [1.54, 1.807) is 38.5 Å². The number of benzene rings is 2. The molecule has 0 saturated carbocycles. The van der Waals surface area contributed by atoms with Gasteiger partial charge in [0.2, 0.25) is 0 Å². The Hall–Kier alpha value is -3.32. The van der Waals surface area contributed by atoms with Crippen LogP contribution in [0.4, 0.5) is 10.8 Å². The van der Waals surface area contributed by atoms with Crippen molar-refractivity contribution in [2.24, 2.45) is 0 Å². The Morgan fingerprint density at radius 1 is 1.14 bits per heavy atom. The molecule has 0 aliphatic rings. The summed E-state index contributed by atoms with van der Waals surface area (Å²) in [5.41, 5.74) is 3.57. The van der Waals surface area contributed by atoms with E-state index in [-0.39, 0.29) is 6.61 Å². The molecule has 1 heterocycles. The Bertz CT molecular complexity index is 996. The van der Waals surface area contributed by atoms with E-state index in [0.29, 0.717) is 17.2 Å². The van der Waals surface area contributed by atoms with Crippen molar-refractivity contribution >= 4 is 34.2 Å². The van der Waals surface area contributed by atoms with Crippen LogP contribution in [0.15, 0.2) is 53.9 Å². The Kier molecular flexibility index (Phi) is 6.86. The number of aryl methyl sites for hydroxylation is 1. The van der Waals surface area contributed by atoms with Gasteiger partial charge in [0, 0.05) is 22.7 Å². The molecular weight excluding hydrogens is 388 g/mol. The van der Waals surface area contributed by atoms with Gasteiger partial charge >= 0.3 is 5.97 Å². The second-order valence-corrected chi connectivity index (χ2v) is 7.04. The summed E-state index contributed by atoms with van der Waals surface area (Å²) in [6, 6.07) is 13.4. The molecule has 3 rings (SSSR count). The summed E-state index contributed by atoms with van der Waals surface area (Å²) >= 11 is 1.46. The van der Waals surface area contributed by atoms with Crippen LogP contribution in [0, 0.1) is 6.92 Å². The van der Waals surface area contributed by atoms with Crippen LogP contribution in [0.5, 0.6) is 11.5 Å². The minimum Gasteiger partial charge on any atom is -0.497 e. The molecule has 1 N–H and O–H groups in total. The van der Waals surface area contributed by atoms with E-state index in [9.17, 15) is 4.79 Å². The summed E-state index contributed by atoms with van der Waals surface area (Å²) in [7, 11) is 3.15. The van der Waals surface area contributed by atoms with Crippen molar-refractivity contribution in [1.29, 1.82) is 0 Å². The minimum atomic E-state index is -0.462. The summed E-state index contributed by atoms with van der Waals surface area (Å²) in [6.07, 6.45) is 2.99. The molecule has 0 unspecified atom stereocenters. The first kappa shape index (κ1) is 20.4. The Morgan fingerprint density at radius 3 is 2.66 bits per heavy atom. The fourth-order valence-electron chi connectivity index (χ4n) is 2.51. The Balaban J connectivity index is 1.55. The van der Waals surface area contributed by atoms with Gasteiger partial charge in [-0.05, 0) is 43.3 Å². The first-order valence-corrected chi connectivity index (χ1v) is 9.80. The van der Waals surface area contributed by atoms with Gasteiger partial charge in [-0.2, -0.15) is 0 Å². The van der Waals surface area contributed by atoms with Crippen molar-refractivity contribution < 1.29 is 19.0 Å². The number of aromatic nitrogens is 1. The first-order valence-electron chi connectivity index (χ1n) is 8.92. The molecule has 2 aromatic carbocycles. The van der Waals surface area contributed by atoms with Crippen molar-refractivity contribution in [2.75, 3.05) is 19.5 Å². The van der Waals surface area contributed by atoms with Crippen LogP contribution < -0.4 is 14.8 Å². The van der Waals surface area contributed by atoms with Gasteiger partial charge in [-0.25, -0.2) is 9.78 Å². The molecule has 0 atom stereocenters. The van der Waals surface area contributed by atoms with Gasteiger partial charge in [0.05, 0.1) is 19.9 Å². The standard InChI is InChI=1S/C22H22N2O4S/c1-15-4-7-17(8-5-15)23-22-24-18(14-29-22)13-28-21(25)11-6-16-12-19(26-2)9-10-20(16)27-3/h4-12,14H,13H2,1-3H3,(H,23,24)/b11-6+. The SMILES string of the molecule is COc1ccc(OC)c(/C=C/C(=O)OCc2csc(Nc3ccc(C)cc3)n2)c1. The number of ether oxygens (including phenoxy) is 3. The van der Waals surface area contributed by atoms with Crippen LogP contribution in [0.3, 0.4) is 0 Å². The molecule has 29 heavy (non-hydrogen) atoms. The monoisotopic (exact) mass is 410 g/mol. The van der Waals surface area contributed by atoms with Crippen molar-refractivity contribution in [1.82, 2.24) is 4.98 Å². The zero-order valence-corrected chi connectivity index (χ0v) is 17.3. The zero-order valence-electron chi connectivity index (χ0n) is 16.5. The fourth-order valence-corrected chi connectivity index (χ4v) is 3.23. The molecule has 6 nitrogen and oxygen atoms in total. The van der Waals surface area contributed by atoms with Gasteiger partial charge < -0.3 is 19.5 Å². The number of methoxy groups -OCH3 is 2. The quantitative estimate of drug-likeness (QED) is 0.418. The van der Waals surface area contributed by atoms with Crippen molar-refractivity contribution in [2.45, 2.75) is 13.5 Å². The molecule has 0 saturated heterocycles. The minimum absolute atomic E-state index is 0.102. The summed E-state index contributed by atoms with van der Waals surface area (Å²) in [4.78, 5) is 16.5. The predicted octanol–water partition coefficient (Wildman–Crippen LogP) is 4.97. The summed E-state index contributed by atoms with van der Waals surface area (Å²) in [5.74, 6) is 0.854. The molecule has 0 radical (unpaired) electrons. The highest BCUT2D eigenvalue weighted by Crippen LogP contribution is 2.25. The number of thiazole rings is 1. The van der Waals surface area contributed by atoms with E-state index in [1.165, 1.54) is 23.0 Å². The number of hydrogen-bond donors (Lipinski definition) is 1. The lowest BCUT2D eigenvalue weighted by atomic mass is 10.1. The predicted molar refractivity (Wildman–Crippen MR) is 115 cm³/mol. The number of carbonyl (C=O) groups excluding carboxylic acids is 1. The largest absolute Gasteiger partial charge is 0.497 e. The Labute approximate surface area is 173 Å². The maximum atomic E-state index is 12.1. The van der Waals surface area contributed by atoms with Gasteiger partial charge in [-0.15, -0.1) is 11.3 Å². The highest BCUT2D eigenvalue weighted by molar-refractivity contribution is 7.13. The van der Waals surface area contributed by atoms with E-state index < -0.39 is 5.97 Å². The third kappa shape index (κ3) is 5.83. The van der Waals surface area contributed by atoms with Crippen LogP contribution in [0.25, 0.3) is 6.08 Å². The van der Waals surface area contributed by atoms with Crippen molar-refractivity contribution in [3.8, 4) is 11.5 Å². The molecule has 0 spiro atoms. The molecule has 0 aliphatic carbocycles. The summed E-state index contributed by atoms with van der Waals surface area (Å²) in [6.45, 7) is 2.14. The maximum Gasteiger partial charge on any atom is 0.331 e. The average molecular weight is 410 g/mol. The van der Waals surface area contributed by atoms with Crippen LogP contribution >= 0.6 is 11.3 Å². The number of nitrogens with one attached hydrogen (secondary N) is 1. The van der Waals surface area contributed by atoms with Gasteiger partial charge in [-0.3, -0.25) is 0 Å². The lowest BCUT2D eigenvalue weighted by Crippen LogP contribution is -2.01. The third-order valence-corrected chi connectivity index (χ3v) is 4.86. The smallest absolute Gasteiger partial charge is 0.331 e. The Morgan fingerprint density at radius 2 is 1.93 bits per heavy atom. The fraction of sp³-hybridized carbons (Fsp3) is 0.182. The van der Waals surface area contributed by atoms with Crippen molar-refractivity contribution in [3.05, 3.63) is 70.7 Å². The highest BCUT2D eigenvalue weighted by Gasteiger charge is 2.07. The van der Waals surface area contributed by atoms with Crippen LogP contribution in [0.2, 0.25) is 0 Å². The number of hydrogen-bond acceptors (Lipinski definition) is 7. The molecule has 0 fully saturated rings. The normalized spacial score (nSPS) is 10.7. The van der Waals surface area contributed by atoms with Crippen molar-refractivity contribution in [3.63, 3.8) is 0 Å². The molecule has 0 bridgehead atoms. The molecule has 3 aromatic rings. The number of nitrogens with zero attached hydrogens (tertiary/aromatic N) is 1. The lowest BCUT2D eigenvalue weighted by molar-refractivity contribution is -0.139. The topological polar surface area (TPSA) is 69.7 Å². The third-order valence-electron chi connectivity index (χ3n) is 4.05. The van der Waals surface area contributed by atoms with Gasteiger partial charge in [0.25, 0.3) is 0 Å². The van der Waals surface area contributed by atoms with E-state index in [1.807, 2.05) is 36.6 Å². The second kappa shape index (κ2) is 9.75. The molecule has 0 aliphatic heterocycles. The van der Waals surface area contributed by atoms with E-state index in [2.05, 4.69) is 10.3 Å². The first-order chi connectivity index (χ1) is 14.1. The second-order valence-electron chi connectivity index (χ2n) is 6.18. The van der Waals surface area contributed by atoms with E-state index >= 15 is 0 Å². The highest BCUT2D eigenvalue weighted by atomic mass is 32.1. The molecule has 150 valence electrons. The maximum absolute atomic E-state index is 12.1.